The van der Waals surface area contributed by atoms with Crippen molar-refractivity contribution in [3.8, 4) is 0 Å². The first-order valence-corrected chi connectivity index (χ1v) is 1.96. The largest absolute Gasteiger partial charge is 0.368 e. The number of rotatable bonds is 2. The lowest BCUT2D eigenvalue weighted by Crippen LogP contribution is -1.97. The van der Waals surface area contributed by atoms with Crippen LogP contribution in [-0.4, -0.2) is 11.2 Å². The van der Waals surface area contributed by atoms with E-state index in [1.165, 1.54) is 6.08 Å². The summed E-state index contributed by atoms with van der Waals surface area (Å²) in [5.41, 5.74) is 0. The van der Waals surface area contributed by atoms with Gasteiger partial charge in [-0.05, 0) is 12.0 Å². The zero-order chi connectivity index (χ0) is 6.41. The van der Waals surface area contributed by atoms with Crippen LogP contribution in [0.4, 0.5) is 0 Å². The van der Waals surface area contributed by atoms with E-state index in [4.69, 9.17) is 5.26 Å². The maximum absolute atomic E-state index is 10.0. The molecule has 0 radical (unpaired) electrons. The van der Waals surface area contributed by atoms with Gasteiger partial charge in [-0.2, -0.15) is 0 Å². The maximum Gasteiger partial charge on any atom is 0.368 e. The summed E-state index contributed by atoms with van der Waals surface area (Å²) in [6, 6.07) is 0. The molecule has 0 aromatic carbocycles. The zero-order valence-corrected chi connectivity index (χ0v) is 4.33. The van der Waals surface area contributed by atoms with Crippen LogP contribution < -0.4 is 0 Å². The molecule has 0 aliphatic rings. The van der Waals surface area contributed by atoms with E-state index in [0.717, 1.165) is 6.08 Å². The molecule has 0 bridgehead atoms. The molecule has 4 heteroatoms. The Labute approximate surface area is 46.2 Å². The van der Waals surface area contributed by atoms with E-state index >= 15 is 0 Å². The van der Waals surface area contributed by atoms with Gasteiger partial charge in [0.2, 0.25) is 0 Å². The molecule has 0 aliphatic heterocycles. The van der Waals surface area contributed by atoms with E-state index in [1.807, 2.05) is 0 Å². The van der Waals surface area contributed by atoms with Crippen LogP contribution in [0, 0.1) is 0 Å². The summed E-state index contributed by atoms with van der Waals surface area (Å²) in [5, 5.41) is 10.5. The molecule has 0 fully saturated rings. The Morgan fingerprint density at radius 1 is 1.75 bits per heavy atom. The van der Waals surface area contributed by atoms with Crippen LogP contribution >= 0.6 is 0 Å². The summed E-state index contributed by atoms with van der Waals surface area (Å²) in [4.78, 5) is 13.7. The predicted octanol–water partition coefficient (Wildman–Crippen LogP) is 0.510. The third-order valence-electron chi connectivity index (χ3n) is 0.422. The highest BCUT2D eigenvalue weighted by Crippen LogP contribution is 1.78. The lowest BCUT2D eigenvalue weighted by atomic mass is 10.5. The van der Waals surface area contributed by atoms with Crippen LogP contribution in [-0.2, 0) is 14.7 Å². The first-order chi connectivity index (χ1) is 3.81. The number of carbonyl (C=O) groups is 1. The van der Waals surface area contributed by atoms with Gasteiger partial charge >= 0.3 is 5.97 Å². The normalized spacial score (nSPS) is 9.75. The third-order valence-corrected chi connectivity index (χ3v) is 0.422. The monoisotopic (exact) mass is 118 g/mol. The van der Waals surface area contributed by atoms with Gasteiger partial charge in [-0.3, -0.25) is 4.89 Å². The fourth-order valence-electron chi connectivity index (χ4n) is 0.201. The number of carbonyl (C=O) groups excluding carboxylic acids is 1. The molecule has 0 rings (SSSR count). The van der Waals surface area contributed by atoms with Gasteiger partial charge in [-0.1, -0.05) is 6.08 Å². The first-order valence-electron chi connectivity index (χ1n) is 1.96. The van der Waals surface area contributed by atoms with E-state index < -0.39 is 5.97 Å². The van der Waals surface area contributed by atoms with Gasteiger partial charge in [0.1, 0.15) is 0 Å². The Bertz CT molecular complexity index is 96.2. The second-order valence-electron chi connectivity index (χ2n) is 0.977. The number of hydrogen-bond donors (Lipinski definition) is 1. The van der Waals surface area contributed by atoms with E-state index in [0.29, 0.717) is 0 Å². The van der Waals surface area contributed by atoms with E-state index in [1.54, 1.807) is 6.92 Å². The van der Waals surface area contributed by atoms with E-state index in [-0.39, 0.29) is 0 Å². The second-order valence-corrected chi connectivity index (χ2v) is 0.977. The molecule has 0 heterocycles. The summed E-state index contributed by atoms with van der Waals surface area (Å²) in [6.45, 7) is 1.64. The van der Waals surface area contributed by atoms with Gasteiger partial charge in [0, 0.05) is 6.08 Å². The fourth-order valence-corrected chi connectivity index (χ4v) is 0.201. The van der Waals surface area contributed by atoms with Crippen LogP contribution in [0.15, 0.2) is 12.2 Å². The molecular formula is C4H6O4. The number of allylic oxidation sites excluding steroid dienone is 1. The van der Waals surface area contributed by atoms with Crippen LogP contribution in [0.5, 0.6) is 0 Å². The minimum Gasteiger partial charge on any atom is -0.264 e. The van der Waals surface area contributed by atoms with Crippen LogP contribution in [0.25, 0.3) is 0 Å². The van der Waals surface area contributed by atoms with Gasteiger partial charge in [0.05, 0.1) is 0 Å². The van der Waals surface area contributed by atoms with Crippen molar-refractivity contribution in [1.82, 2.24) is 0 Å². The van der Waals surface area contributed by atoms with Crippen molar-refractivity contribution in [2.75, 3.05) is 0 Å². The van der Waals surface area contributed by atoms with Crippen molar-refractivity contribution < 1.29 is 20.0 Å². The summed E-state index contributed by atoms with van der Waals surface area (Å²) >= 11 is 0. The summed E-state index contributed by atoms with van der Waals surface area (Å²) < 4.78 is 0. The van der Waals surface area contributed by atoms with Crippen LogP contribution in [0.3, 0.4) is 0 Å². The van der Waals surface area contributed by atoms with E-state index in [2.05, 4.69) is 9.93 Å². The molecule has 0 aromatic rings. The summed E-state index contributed by atoms with van der Waals surface area (Å²) in [6.07, 6.45) is 2.57. The Morgan fingerprint density at radius 2 is 2.38 bits per heavy atom. The van der Waals surface area contributed by atoms with Gasteiger partial charge in [0.15, 0.2) is 0 Å². The average Bonchev–Trinajstić information content (AvgIpc) is 1.68. The lowest BCUT2D eigenvalue weighted by Gasteiger charge is -1.86. The van der Waals surface area contributed by atoms with Crippen molar-refractivity contribution in [2.45, 2.75) is 6.92 Å². The minimum absolute atomic E-state index is 0.741. The van der Waals surface area contributed by atoms with Crippen molar-refractivity contribution in [3.05, 3.63) is 12.2 Å². The maximum atomic E-state index is 10.0. The van der Waals surface area contributed by atoms with Crippen molar-refractivity contribution in [3.63, 3.8) is 0 Å². The highest BCUT2D eigenvalue weighted by molar-refractivity contribution is 5.81. The Balaban J connectivity index is 3.33. The van der Waals surface area contributed by atoms with E-state index in [9.17, 15) is 4.79 Å². The highest BCUT2D eigenvalue weighted by atomic mass is 17.5. The Hall–Kier alpha value is -0.870. The molecule has 1 N–H and O–H groups in total. The van der Waals surface area contributed by atoms with Crippen molar-refractivity contribution >= 4 is 5.97 Å². The third kappa shape index (κ3) is 3.32. The van der Waals surface area contributed by atoms with Gasteiger partial charge in [-0.25, -0.2) is 10.1 Å². The zero-order valence-electron chi connectivity index (χ0n) is 4.33. The molecule has 0 amide bonds. The van der Waals surface area contributed by atoms with Crippen molar-refractivity contribution in [1.29, 1.82) is 0 Å². The molecule has 4 nitrogen and oxygen atoms in total. The van der Waals surface area contributed by atoms with Crippen molar-refractivity contribution in [2.24, 2.45) is 0 Å². The molecular weight excluding hydrogens is 112 g/mol. The smallest absolute Gasteiger partial charge is 0.264 e. The minimum atomic E-state index is -0.741. The Morgan fingerprint density at radius 3 is 2.75 bits per heavy atom. The van der Waals surface area contributed by atoms with Crippen LogP contribution in [0.1, 0.15) is 6.92 Å². The molecule has 0 saturated carbocycles. The van der Waals surface area contributed by atoms with Crippen LogP contribution in [0.2, 0.25) is 0 Å². The van der Waals surface area contributed by atoms with Gasteiger partial charge in [-0.15, -0.1) is 0 Å². The van der Waals surface area contributed by atoms with Gasteiger partial charge in [0.25, 0.3) is 0 Å². The molecule has 0 aromatic heterocycles. The quantitative estimate of drug-likeness (QED) is 0.326. The fraction of sp³-hybridized carbons (Fsp3) is 0.250. The average molecular weight is 118 g/mol. The Kier molecular flexibility index (Phi) is 3.83. The molecule has 0 atom stereocenters. The molecule has 46 valence electrons. The molecule has 0 aliphatic carbocycles. The topological polar surface area (TPSA) is 55.8 Å². The molecule has 8 heavy (non-hydrogen) atoms. The molecule has 0 saturated heterocycles. The first kappa shape index (κ1) is 7.13. The molecule has 0 unspecified atom stereocenters. The standard InChI is InChI=1S/C4H6O4/c1-2-3-4(5)7-8-6/h2-3,6H,1H3/b3-2+. The SMILES string of the molecule is C/C=C/C(=O)OOO. The predicted molar refractivity (Wildman–Crippen MR) is 24.6 cm³/mol. The second kappa shape index (κ2) is 4.29. The summed E-state index contributed by atoms with van der Waals surface area (Å²) in [7, 11) is 0. The molecule has 0 spiro atoms. The lowest BCUT2D eigenvalue weighted by molar-refractivity contribution is -0.460. The summed E-state index contributed by atoms with van der Waals surface area (Å²) in [5.74, 6) is -0.741. The van der Waals surface area contributed by atoms with Gasteiger partial charge < -0.3 is 0 Å². The number of hydrogen-bond acceptors (Lipinski definition) is 4. The highest BCUT2D eigenvalue weighted by Gasteiger charge is 1.92.